The van der Waals surface area contributed by atoms with Crippen molar-refractivity contribution in [1.29, 1.82) is 0 Å². The summed E-state index contributed by atoms with van der Waals surface area (Å²) in [5.41, 5.74) is -1.51. The minimum atomic E-state index is -4.25. The first-order valence-electron chi connectivity index (χ1n) is 5.71. The molecule has 1 heterocycles. The van der Waals surface area contributed by atoms with Gasteiger partial charge in [0, 0.05) is 11.5 Å². The molecule has 1 aliphatic rings. The van der Waals surface area contributed by atoms with Crippen LogP contribution < -0.4 is 0 Å². The first-order chi connectivity index (χ1) is 7.67. The molecule has 5 heteroatoms. The highest BCUT2D eigenvalue weighted by Gasteiger charge is 2.61. The van der Waals surface area contributed by atoms with Crippen LogP contribution in [-0.2, 0) is 10.8 Å². The van der Waals surface area contributed by atoms with E-state index in [0.717, 1.165) is 0 Å². The van der Waals surface area contributed by atoms with Crippen LogP contribution in [0.2, 0.25) is 0 Å². The molecule has 0 spiro atoms. The molecule has 1 aromatic heterocycles. The largest absolute Gasteiger partial charge is 0.401 e. The van der Waals surface area contributed by atoms with Gasteiger partial charge in [0.05, 0.1) is 5.69 Å². The molecular weight excluding hydrogens is 231 g/mol. The first kappa shape index (κ1) is 12.5. The first-order valence-corrected chi connectivity index (χ1v) is 5.71. The number of hydrogen-bond donors (Lipinski definition) is 0. The topological polar surface area (TPSA) is 26.0 Å². The molecule has 17 heavy (non-hydrogen) atoms. The number of hydrogen-bond acceptors (Lipinski definition) is 2. The van der Waals surface area contributed by atoms with Gasteiger partial charge >= 0.3 is 6.18 Å². The van der Waals surface area contributed by atoms with Gasteiger partial charge in [-0.05, 0) is 12.8 Å². The van der Waals surface area contributed by atoms with Crippen molar-refractivity contribution in [2.75, 3.05) is 0 Å². The smallest absolute Gasteiger partial charge is 0.360 e. The average Bonchev–Trinajstić information content (AvgIpc) is 2.46. The molecule has 1 aliphatic carbocycles. The Hall–Kier alpha value is -1.00. The Morgan fingerprint density at radius 3 is 2.12 bits per heavy atom. The molecule has 1 aromatic rings. The van der Waals surface area contributed by atoms with Crippen molar-refractivity contribution in [2.45, 2.75) is 57.0 Å². The second-order valence-electron chi connectivity index (χ2n) is 5.76. The quantitative estimate of drug-likeness (QED) is 0.750. The normalized spacial score (nSPS) is 20.1. The van der Waals surface area contributed by atoms with Crippen LogP contribution in [0.1, 0.15) is 51.5 Å². The van der Waals surface area contributed by atoms with E-state index in [9.17, 15) is 13.2 Å². The summed E-state index contributed by atoms with van der Waals surface area (Å²) in [4.78, 5) is 0. The van der Waals surface area contributed by atoms with Gasteiger partial charge in [0.2, 0.25) is 0 Å². The standard InChI is InChI=1S/C12H16F3NO/c1-10(2,3)8-7-9(17-16-8)11(5-4-6-11)12(13,14)15/h7H,4-6H2,1-3H3. The fourth-order valence-electron chi connectivity index (χ4n) is 2.05. The third-order valence-electron chi connectivity index (χ3n) is 3.50. The van der Waals surface area contributed by atoms with Gasteiger partial charge in [0.25, 0.3) is 0 Å². The van der Waals surface area contributed by atoms with Gasteiger partial charge in [0.15, 0.2) is 5.76 Å². The molecule has 0 unspecified atom stereocenters. The van der Waals surface area contributed by atoms with Crippen LogP contribution >= 0.6 is 0 Å². The number of aromatic nitrogens is 1. The fraction of sp³-hybridized carbons (Fsp3) is 0.750. The van der Waals surface area contributed by atoms with Gasteiger partial charge in [-0.15, -0.1) is 0 Å². The predicted octanol–water partition coefficient (Wildman–Crippen LogP) is 3.96. The molecule has 0 radical (unpaired) electrons. The molecule has 96 valence electrons. The summed E-state index contributed by atoms with van der Waals surface area (Å²) >= 11 is 0. The zero-order chi connectivity index (χ0) is 12.9. The van der Waals surface area contributed by atoms with Crippen molar-refractivity contribution in [2.24, 2.45) is 0 Å². The molecule has 2 rings (SSSR count). The van der Waals surface area contributed by atoms with Crippen molar-refractivity contribution >= 4 is 0 Å². The minimum absolute atomic E-state index is 0.0267. The molecular formula is C12H16F3NO. The molecule has 0 aromatic carbocycles. The molecule has 1 fully saturated rings. The van der Waals surface area contributed by atoms with E-state index in [-0.39, 0.29) is 24.0 Å². The van der Waals surface area contributed by atoms with Gasteiger partial charge in [-0.2, -0.15) is 13.2 Å². The molecule has 0 saturated heterocycles. The van der Waals surface area contributed by atoms with Gasteiger partial charge in [-0.1, -0.05) is 32.3 Å². The SMILES string of the molecule is CC(C)(C)c1cc(C2(C(F)(F)F)CCC2)on1. The molecule has 0 N–H and O–H groups in total. The minimum Gasteiger partial charge on any atom is -0.360 e. The maximum absolute atomic E-state index is 13.1. The zero-order valence-electron chi connectivity index (χ0n) is 10.2. The van der Waals surface area contributed by atoms with Gasteiger partial charge < -0.3 is 4.52 Å². The maximum atomic E-state index is 13.1. The summed E-state index contributed by atoms with van der Waals surface area (Å²) in [6.07, 6.45) is -3.45. The highest BCUT2D eigenvalue weighted by molar-refractivity contribution is 5.25. The monoisotopic (exact) mass is 247 g/mol. The van der Waals surface area contributed by atoms with Crippen molar-refractivity contribution in [3.8, 4) is 0 Å². The summed E-state index contributed by atoms with van der Waals surface area (Å²) < 4.78 is 44.1. The second kappa shape index (κ2) is 3.50. The Balaban J connectivity index is 2.37. The molecule has 0 atom stereocenters. The number of alkyl halides is 3. The third kappa shape index (κ3) is 1.85. The molecule has 0 amide bonds. The number of nitrogens with zero attached hydrogens (tertiary/aromatic N) is 1. The van der Waals surface area contributed by atoms with Gasteiger partial charge in [-0.3, -0.25) is 0 Å². The molecule has 0 bridgehead atoms. The van der Waals surface area contributed by atoms with E-state index in [1.54, 1.807) is 0 Å². The van der Waals surface area contributed by atoms with Crippen molar-refractivity contribution in [3.05, 3.63) is 17.5 Å². The van der Waals surface area contributed by atoms with Crippen LogP contribution in [0, 0.1) is 0 Å². The Bertz CT molecular complexity index is 410. The maximum Gasteiger partial charge on any atom is 0.401 e. The van der Waals surface area contributed by atoms with E-state index in [4.69, 9.17) is 4.52 Å². The Kier molecular flexibility index (Phi) is 2.56. The lowest BCUT2D eigenvalue weighted by molar-refractivity contribution is -0.218. The predicted molar refractivity (Wildman–Crippen MR) is 56.8 cm³/mol. The summed E-state index contributed by atoms with van der Waals surface area (Å²) in [6, 6.07) is 1.46. The lowest BCUT2D eigenvalue weighted by atomic mass is 9.66. The lowest BCUT2D eigenvalue weighted by Gasteiger charge is -2.40. The molecule has 2 nitrogen and oxygen atoms in total. The fourth-order valence-corrected chi connectivity index (χ4v) is 2.05. The van der Waals surface area contributed by atoms with Crippen LogP contribution in [0.25, 0.3) is 0 Å². The van der Waals surface area contributed by atoms with Crippen LogP contribution in [0.5, 0.6) is 0 Å². The van der Waals surface area contributed by atoms with E-state index in [1.807, 2.05) is 20.8 Å². The zero-order valence-corrected chi connectivity index (χ0v) is 10.2. The molecule has 1 saturated carbocycles. The van der Waals surface area contributed by atoms with E-state index in [0.29, 0.717) is 12.1 Å². The lowest BCUT2D eigenvalue weighted by Crippen LogP contribution is -2.47. The van der Waals surface area contributed by atoms with Crippen LogP contribution in [0.4, 0.5) is 13.2 Å². The van der Waals surface area contributed by atoms with Gasteiger partial charge in [-0.25, -0.2) is 0 Å². The highest BCUT2D eigenvalue weighted by Crippen LogP contribution is 2.54. The Morgan fingerprint density at radius 2 is 1.82 bits per heavy atom. The summed E-state index contributed by atoms with van der Waals surface area (Å²) in [6.45, 7) is 5.70. The van der Waals surface area contributed by atoms with Crippen LogP contribution in [0.3, 0.4) is 0 Å². The number of rotatable bonds is 1. The average molecular weight is 247 g/mol. The summed E-state index contributed by atoms with van der Waals surface area (Å²) in [5, 5.41) is 3.77. The van der Waals surface area contributed by atoms with Crippen molar-refractivity contribution < 1.29 is 17.7 Å². The highest BCUT2D eigenvalue weighted by atomic mass is 19.4. The van der Waals surface area contributed by atoms with E-state index in [1.165, 1.54) is 6.07 Å². The van der Waals surface area contributed by atoms with Crippen LogP contribution in [-0.4, -0.2) is 11.3 Å². The summed E-state index contributed by atoms with van der Waals surface area (Å²) in [7, 11) is 0. The van der Waals surface area contributed by atoms with Gasteiger partial charge in [0.1, 0.15) is 5.41 Å². The number of halogens is 3. The Labute approximate surface area is 98.2 Å². The second-order valence-corrected chi connectivity index (χ2v) is 5.76. The third-order valence-corrected chi connectivity index (χ3v) is 3.50. The van der Waals surface area contributed by atoms with E-state index in [2.05, 4.69) is 5.16 Å². The van der Waals surface area contributed by atoms with Crippen molar-refractivity contribution in [1.82, 2.24) is 5.16 Å². The van der Waals surface area contributed by atoms with Crippen molar-refractivity contribution in [3.63, 3.8) is 0 Å². The van der Waals surface area contributed by atoms with E-state index < -0.39 is 11.6 Å². The Morgan fingerprint density at radius 1 is 1.24 bits per heavy atom. The van der Waals surface area contributed by atoms with Crippen LogP contribution in [0.15, 0.2) is 10.6 Å². The summed E-state index contributed by atoms with van der Waals surface area (Å²) in [5.74, 6) is -0.0267. The molecule has 0 aliphatic heterocycles. The van der Waals surface area contributed by atoms with E-state index >= 15 is 0 Å².